The van der Waals surface area contributed by atoms with Crippen molar-refractivity contribution in [1.82, 2.24) is 0 Å². The fourth-order valence-corrected chi connectivity index (χ4v) is 7.92. The van der Waals surface area contributed by atoms with E-state index in [1.165, 1.54) is 0 Å². The fourth-order valence-electron chi connectivity index (χ4n) is 7.92. The first kappa shape index (κ1) is 21.2. The molecular formula is C23H33FO5. The molecule has 0 aromatic carbocycles. The highest BCUT2D eigenvalue weighted by Gasteiger charge is 2.79. The molecule has 3 fully saturated rings. The summed E-state index contributed by atoms with van der Waals surface area (Å²) in [5.41, 5.74) is -5.84. The van der Waals surface area contributed by atoms with E-state index in [0.717, 1.165) is 5.57 Å². The van der Waals surface area contributed by atoms with E-state index in [9.17, 15) is 25.2 Å². The highest BCUT2D eigenvalue weighted by atomic mass is 19.1. The maximum atomic E-state index is 17.1. The lowest BCUT2D eigenvalue weighted by Crippen LogP contribution is -2.72. The molecule has 5 nitrogen and oxygen atoms in total. The Balaban J connectivity index is 1.89. The number of carbonyl (C=O) groups is 1. The summed E-state index contributed by atoms with van der Waals surface area (Å²) in [5, 5.41) is 42.4. The van der Waals surface area contributed by atoms with Crippen LogP contribution in [0.3, 0.4) is 0 Å². The van der Waals surface area contributed by atoms with Crippen LogP contribution in [0.5, 0.6) is 0 Å². The number of halogens is 1. The van der Waals surface area contributed by atoms with Crippen molar-refractivity contribution in [3.05, 3.63) is 23.8 Å². The van der Waals surface area contributed by atoms with Crippen LogP contribution < -0.4 is 0 Å². The van der Waals surface area contributed by atoms with Gasteiger partial charge in [0.2, 0.25) is 0 Å². The Labute approximate surface area is 171 Å². The topological polar surface area (TPSA) is 98.0 Å². The lowest BCUT2D eigenvalue weighted by Gasteiger charge is -2.66. The highest BCUT2D eigenvalue weighted by Crippen LogP contribution is 2.75. The van der Waals surface area contributed by atoms with E-state index in [2.05, 4.69) is 0 Å². The maximum Gasteiger partial charge on any atom is 0.190 e. The summed E-state index contributed by atoms with van der Waals surface area (Å²) in [4.78, 5) is 12.7. The fraction of sp³-hybridized carbons (Fsp3) is 0.783. The summed E-state index contributed by atoms with van der Waals surface area (Å²) < 4.78 is 17.1. The number of aliphatic hydroxyl groups is 4. The summed E-state index contributed by atoms with van der Waals surface area (Å²) in [6.45, 7) is 6.50. The van der Waals surface area contributed by atoms with Gasteiger partial charge in [0, 0.05) is 16.7 Å². The average molecular weight is 409 g/mol. The molecule has 0 saturated heterocycles. The van der Waals surface area contributed by atoms with Crippen LogP contribution in [0.2, 0.25) is 0 Å². The van der Waals surface area contributed by atoms with Crippen molar-refractivity contribution < 1.29 is 29.6 Å². The van der Waals surface area contributed by atoms with Gasteiger partial charge in [-0.25, -0.2) is 4.39 Å². The van der Waals surface area contributed by atoms with Crippen LogP contribution >= 0.6 is 0 Å². The van der Waals surface area contributed by atoms with E-state index in [1.54, 1.807) is 39.0 Å². The summed E-state index contributed by atoms with van der Waals surface area (Å²) in [6.07, 6.45) is 4.24. The quantitative estimate of drug-likeness (QED) is 0.525. The van der Waals surface area contributed by atoms with Gasteiger partial charge in [-0.1, -0.05) is 44.6 Å². The minimum atomic E-state index is -1.98. The Bertz CT molecular complexity index is 809. The number of ketones is 1. The van der Waals surface area contributed by atoms with Gasteiger partial charge in [0.1, 0.15) is 12.2 Å². The van der Waals surface area contributed by atoms with Crippen LogP contribution in [-0.4, -0.2) is 56.3 Å². The Kier molecular flexibility index (Phi) is 4.38. The van der Waals surface area contributed by atoms with Gasteiger partial charge in [-0.3, -0.25) is 4.79 Å². The van der Waals surface area contributed by atoms with Gasteiger partial charge in [0.05, 0.1) is 12.2 Å². The molecule has 4 aliphatic rings. The Morgan fingerprint density at radius 1 is 1.24 bits per heavy atom. The van der Waals surface area contributed by atoms with Crippen LogP contribution in [-0.2, 0) is 4.79 Å². The van der Waals surface area contributed by atoms with E-state index in [1.807, 2.05) is 6.92 Å². The first-order chi connectivity index (χ1) is 13.3. The number of carbonyl (C=O) groups excluding carboxylic acids is 1. The van der Waals surface area contributed by atoms with Crippen LogP contribution in [0.15, 0.2) is 23.8 Å². The largest absolute Gasteiger partial charge is 0.390 e. The van der Waals surface area contributed by atoms with Gasteiger partial charge in [-0.05, 0) is 43.9 Å². The molecule has 4 aliphatic carbocycles. The summed E-state index contributed by atoms with van der Waals surface area (Å²) in [6, 6.07) is 0. The summed E-state index contributed by atoms with van der Waals surface area (Å²) in [5.74, 6) is -1.69. The van der Waals surface area contributed by atoms with Crippen molar-refractivity contribution in [2.75, 3.05) is 6.61 Å². The van der Waals surface area contributed by atoms with Gasteiger partial charge in [-0.15, -0.1) is 0 Å². The number of fused-ring (bicyclic) bond motifs is 5. The van der Waals surface area contributed by atoms with Crippen LogP contribution in [0.1, 0.15) is 53.4 Å². The Hall–Kier alpha value is -1.08. The molecule has 0 radical (unpaired) electrons. The minimum absolute atomic E-state index is 0.0671. The third-order valence-corrected chi connectivity index (χ3v) is 9.64. The van der Waals surface area contributed by atoms with Gasteiger partial charge in [-0.2, -0.15) is 0 Å². The molecule has 0 amide bonds. The molecule has 4 N–H and O–H groups in total. The summed E-state index contributed by atoms with van der Waals surface area (Å²) >= 11 is 0. The second-order valence-corrected chi connectivity index (χ2v) is 10.5. The van der Waals surface area contributed by atoms with Gasteiger partial charge >= 0.3 is 0 Å². The molecular weight excluding hydrogens is 375 g/mol. The van der Waals surface area contributed by atoms with Crippen molar-refractivity contribution >= 4 is 5.78 Å². The highest BCUT2D eigenvalue weighted by molar-refractivity contribution is 5.90. The zero-order valence-electron chi connectivity index (χ0n) is 17.7. The smallest absolute Gasteiger partial charge is 0.190 e. The molecule has 0 aliphatic heterocycles. The lowest BCUT2D eigenvalue weighted by atomic mass is 9.40. The molecule has 29 heavy (non-hydrogen) atoms. The maximum absolute atomic E-state index is 17.1. The van der Waals surface area contributed by atoms with E-state index in [0.29, 0.717) is 19.3 Å². The predicted octanol–water partition coefficient (Wildman–Crippen LogP) is 2.08. The van der Waals surface area contributed by atoms with Crippen molar-refractivity contribution in [3.63, 3.8) is 0 Å². The third-order valence-electron chi connectivity index (χ3n) is 9.64. The minimum Gasteiger partial charge on any atom is -0.390 e. The monoisotopic (exact) mass is 408 g/mol. The number of rotatable bonds is 2. The van der Waals surface area contributed by atoms with Crippen LogP contribution in [0, 0.1) is 28.1 Å². The molecule has 9 atom stereocenters. The lowest BCUT2D eigenvalue weighted by molar-refractivity contribution is -0.247. The number of hydrogen-bond donors (Lipinski definition) is 4. The van der Waals surface area contributed by atoms with Gasteiger partial charge < -0.3 is 20.4 Å². The number of Topliss-reactive ketones (excluding diaryl/α,β-unsaturated/α-hetero) is 1. The number of hydrogen-bond acceptors (Lipinski definition) is 5. The number of alkyl halides is 1. The molecule has 0 aromatic rings. The van der Waals surface area contributed by atoms with Crippen molar-refractivity contribution in [2.24, 2.45) is 28.1 Å². The molecule has 1 unspecified atom stereocenters. The molecule has 4 rings (SSSR count). The molecule has 0 heterocycles. The molecule has 0 spiro atoms. The van der Waals surface area contributed by atoms with Gasteiger partial charge in [0.15, 0.2) is 11.5 Å². The zero-order valence-corrected chi connectivity index (χ0v) is 17.7. The molecule has 162 valence electrons. The second-order valence-electron chi connectivity index (χ2n) is 10.5. The van der Waals surface area contributed by atoms with E-state index >= 15 is 4.39 Å². The Morgan fingerprint density at radius 2 is 1.90 bits per heavy atom. The van der Waals surface area contributed by atoms with Crippen LogP contribution in [0.4, 0.5) is 4.39 Å². The van der Waals surface area contributed by atoms with Crippen LogP contribution in [0.25, 0.3) is 0 Å². The predicted molar refractivity (Wildman–Crippen MR) is 106 cm³/mol. The standard InChI is InChI=1S/C23H33FO5/c1-13-10-20(3)16-6-5-14-9-15(26)7-8-19(14,2)22(16,24)17(27)11-21(20,4)23(13,29)18(28)12-25/h7-9,13,15-17,25-27,29H,5-6,10-12H2,1-4H3/t13-,15?,16+,17+,19+,20+,21+,22+,23+/m1/s1. The third kappa shape index (κ3) is 2.11. The van der Waals surface area contributed by atoms with E-state index < -0.39 is 63.9 Å². The summed E-state index contributed by atoms with van der Waals surface area (Å²) in [7, 11) is 0. The average Bonchev–Trinajstić information content (AvgIpc) is 2.81. The van der Waals surface area contributed by atoms with Crippen molar-refractivity contribution in [3.8, 4) is 0 Å². The molecule has 6 heteroatoms. The molecule has 0 aromatic heterocycles. The Morgan fingerprint density at radius 3 is 2.52 bits per heavy atom. The SMILES string of the molecule is C[C@@H]1C[C@@]2(C)[C@@H]3CCC4=CC(O)C=C[C@]4(C)[C@@]3(F)[C@@H](O)C[C@]2(C)[C@@]1(O)C(=O)CO. The molecule has 0 bridgehead atoms. The number of aliphatic hydroxyl groups excluding tert-OH is 3. The van der Waals surface area contributed by atoms with Crippen molar-refractivity contribution in [1.29, 1.82) is 0 Å². The normalized spacial score (nSPS) is 56.2. The number of allylic oxidation sites excluding steroid dienone is 2. The van der Waals surface area contributed by atoms with E-state index in [-0.39, 0.29) is 6.42 Å². The van der Waals surface area contributed by atoms with Crippen molar-refractivity contribution in [2.45, 2.75) is 76.9 Å². The first-order valence-corrected chi connectivity index (χ1v) is 10.6. The zero-order chi connectivity index (χ0) is 21.6. The van der Waals surface area contributed by atoms with Gasteiger partial charge in [0.25, 0.3) is 0 Å². The van der Waals surface area contributed by atoms with E-state index in [4.69, 9.17) is 0 Å². The second kappa shape index (κ2) is 6.00. The molecule has 3 saturated carbocycles. The first-order valence-electron chi connectivity index (χ1n) is 10.6.